The fraction of sp³-hybridized carbons (Fsp3) is 0.300. The highest BCUT2D eigenvalue weighted by Gasteiger charge is 2.19. The van der Waals surface area contributed by atoms with Crippen LogP contribution in [-0.4, -0.2) is 49.6 Å². The monoisotopic (exact) mass is 390 g/mol. The van der Waals surface area contributed by atoms with Crippen molar-refractivity contribution in [2.24, 2.45) is 0 Å². The summed E-state index contributed by atoms with van der Waals surface area (Å²) in [7, 11) is 0. The molecular formula is C20H20F2N2O4. The van der Waals surface area contributed by atoms with Gasteiger partial charge in [0.2, 0.25) is 5.91 Å². The second-order valence-electron chi connectivity index (χ2n) is 6.28. The molecule has 1 fully saturated rings. The summed E-state index contributed by atoms with van der Waals surface area (Å²) in [6.45, 7) is 1.49. The lowest BCUT2D eigenvalue weighted by molar-refractivity contribution is -0.129. The number of anilines is 1. The first-order valence-corrected chi connectivity index (χ1v) is 8.80. The molecule has 1 aliphatic heterocycles. The van der Waals surface area contributed by atoms with Crippen molar-refractivity contribution in [2.75, 3.05) is 31.1 Å². The van der Waals surface area contributed by atoms with Gasteiger partial charge in [0.1, 0.15) is 11.5 Å². The number of carbonyl (C=O) groups excluding carboxylic acids is 2. The molecule has 3 rings (SSSR count). The van der Waals surface area contributed by atoms with Crippen molar-refractivity contribution in [3.63, 3.8) is 0 Å². The second kappa shape index (κ2) is 8.69. The van der Waals surface area contributed by atoms with Crippen LogP contribution in [0.3, 0.4) is 0 Å². The Kier molecular flexibility index (Phi) is 6.08. The molecular weight excluding hydrogens is 370 g/mol. The highest BCUT2D eigenvalue weighted by molar-refractivity contribution is 5.91. The minimum Gasteiger partial charge on any atom is -0.435 e. The van der Waals surface area contributed by atoms with Crippen molar-refractivity contribution >= 4 is 17.6 Å². The van der Waals surface area contributed by atoms with Crippen LogP contribution >= 0.6 is 0 Å². The molecule has 1 aliphatic rings. The molecule has 1 saturated heterocycles. The van der Waals surface area contributed by atoms with Gasteiger partial charge >= 0.3 is 12.6 Å². The predicted molar refractivity (Wildman–Crippen MR) is 98.9 cm³/mol. The number of ether oxygens (including phenoxy) is 2. The number of piperazine rings is 1. The first-order valence-electron chi connectivity index (χ1n) is 8.80. The van der Waals surface area contributed by atoms with E-state index in [0.717, 1.165) is 18.8 Å². The van der Waals surface area contributed by atoms with Gasteiger partial charge in [-0.25, -0.2) is 4.79 Å². The number of halogens is 2. The summed E-state index contributed by atoms with van der Waals surface area (Å²) in [6.07, 6.45) is 0. The normalized spacial score (nSPS) is 14.1. The lowest BCUT2D eigenvalue weighted by Gasteiger charge is -2.35. The molecule has 0 unspecified atom stereocenters. The van der Waals surface area contributed by atoms with Gasteiger partial charge in [-0.05, 0) is 48.5 Å². The molecule has 0 aromatic heterocycles. The minimum absolute atomic E-state index is 0.0271. The Morgan fingerprint density at radius 3 is 2.00 bits per heavy atom. The summed E-state index contributed by atoms with van der Waals surface area (Å²) in [5.41, 5.74) is 1.21. The molecule has 8 heteroatoms. The average Bonchev–Trinajstić information content (AvgIpc) is 2.69. The van der Waals surface area contributed by atoms with Gasteiger partial charge < -0.3 is 19.3 Å². The number of amides is 1. The third-order valence-electron chi connectivity index (χ3n) is 4.45. The molecule has 0 N–H and O–H groups in total. The van der Waals surface area contributed by atoms with Crippen LogP contribution in [0.1, 0.15) is 17.3 Å². The van der Waals surface area contributed by atoms with Crippen molar-refractivity contribution in [1.29, 1.82) is 0 Å². The molecule has 0 atom stereocenters. The van der Waals surface area contributed by atoms with Gasteiger partial charge in [0.25, 0.3) is 0 Å². The van der Waals surface area contributed by atoms with Gasteiger partial charge in [0.05, 0.1) is 5.56 Å². The highest BCUT2D eigenvalue weighted by Crippen LogP contribution is 2.22. The summed E-state index contributed by atoms with van der Waals surface area (Å²) in [5, 5.41) is 0. The topological polar surface area (TPSA) is 59.1 Å². The van der Waals surface area contributed by atoms with E-state index >= 15 is 0 Å². The molecule has 0 aliphatic carbocycles. The first-order chi connectivity index (χ1) is 13.4. The van der Waals surface area contributed by atoms with Gasteiger partial charge in [0, 0.05) is 38.8 Å². The van der Waals surface area contributed by atoms with E-state index in [-0.39, 0.29) is 17.2 Å². The quantitative estimate of drug-likeness (QED) is 0.580. The summed E-state index contributed by atoms with van der Waals surface area (Å²) >= 11 is 0. The molecule has 1 heterocycles. The van der Waals surface area contributed by atoms with E-state index in [2.05, 4.69) is 9.64 Å². The Labute approximate surface area is 161 Å². The van der Waals surface area contributed by atoms with E-state index in [0.29, 0.717) is 18.8 Å². The zero-order valence-corrected chi connectivity index (χ0v) is 15.3. The number of rotatable bonds is 5. The van der Waals surface area contributed by atoms with Crippen molar-refractivity contribution < 1.29 is 27.8 Å². The summed E-state index contributed by atoms with van der Waals surface area (Å²) in [6, 6.07) is 12.4. The van der Waals surface area contributed by atoms with Crippen LogP contribution in [0.4, 0.5) is 14.5 Å². The molecule has 0 spiro atoms. The number of hydrogen-bond donors (Lipinski definition) is 0. The van der Waals surface area contributed by atoms with Crippen molar-refractivity contribution in [2.45, 2.75) is 13.5 Å². The van der Waals surface area contributed by atoms with Gasteiger partial charge in [-0.2, -0.15) is 8.78 Å². The lowest BCUT2D eigenvalue weighted by atomic mass is 10.2. The van der Waals surface area contributed by atoms with Gasteiger partial charge in [-0.1, -0.05) is 0 Å². The van der Waals surface area contributed by atoms with E-state index in [4.69, 9.17) is 4.74 Å². The maximum atomic E-state index is 12.2. The maximum absolute atomic E-state index is 12.2. The smallest absolute Gasteiger partial charge is 0.387 e. The summed E-state index contributed by atoms with van der Waals surface area (Å²) < 4.78 is 33.9. The Morgan fingerprint density at radius 1 is 0.893 bits per heavy atom. The number of alkyl halides is 2. The SMILES string of the molecule is CC(=O)N1CCN(c2ccc(OC(=O)c3ccc(OC(F)F)cc3)cc2)CC1. The van der Waals surface area contributed by atoms with E-state index in [1.165, 1.54) is 24.3 Å². The zero-order chi connectivity index (χ0) is 20.1. The first kappa shape index (κ1) is 19.6. The predicted octanol–water partition coefficient (Wildman–Crippen LogP) is 3.18. The average molecular weight is 390 g/mol. The van der Waals surface area contributed by atoms with Crippen LogP contribution < -0.4 is 14.4 Å². The molecule has 0 bridgehead atoms. The third-order valence-corrected chi connectivity index (χ3v) is 4.45. The summed E-state index contributed by atoms with van der Waals surface area (Å²) in [4.78, 5) is 27.5. The van der Waals surface area contributed by atoms with Gasteiger partial charge in [0.15, 0.2) is 0 Å². The number of carbonyl (C=O) groups is 2. The fourth-order valence-electron chi connectivity index (χ4n) is 2.94. The Hall–Kier alpha value is -3.16. The molecule has 148 valence electrons. The van der Waals surface area contributed by atoms with E-state index in [9.17, 15) is 18.4 Å². The van der Waals surface area contributed by atoms with Crippen LogP contribution in [0.5, 0.6) is 11.5 Å². The van der Waals surface area contributed by atoms with Crippen molar-refractivity contribution in [1.82, 2.24) is 4.90 Å². The van der Waals surface area contributed by atoms with Crippen LogP contribution in [0, 0.1) is 0 Å². The maximum Gasteiger partial charge on any atom is 0.387 e. The van der Waals surface area contributed by atoms with Crippen molar-refractivity contribution in [3.05, 3.63) is 54.1 Å². The highest BCUT2D eigenvalue weighted by atomic mass is 19.3. The van der Waals surface area contributed by atoms with Crippen molar-refractivity contribution in [3.8, 4) is 11.5 Å². The molecule has 1 amide bonds. The Balaban J connectivity index is 1.57. The number of esters is 1. The number of hydrogen-bond acceptors (Lipinski definition) is 5. The molecule has 0 saturated carbocycles. The third kappa shape index (κ3) is 4.97. The Morgan fingerprint density at radius 2 is 1.46 bits per heavy atom. The Bertz CT molecular complexity index is 817. The molecule has 6 nitrogen and oxygen atoms in total. The van der Waals surface area contributed by atoms with Crippen LogP contribution in [0.15, 0.2) is 48.5 Å². The largest absolute Gasteiger partial charge is 0.435 e. The summed E-state index contributed by atoms with van der Waals surface area (Å²) in [5.74, 6) is -0.160. The van der Waals surface area contributed by atoms with Crippen LogP contribution in [0.25, 0.3) is 0 Å². The molecule has 2 aromatic rings. The van der Waals surface area contributed by atoms with E-state index in [1.54, 1.807) is 19.1 Å². The fourth-order valence-corrected chi connectivity index (χ4v) is 2.94. The van der Waals surface area contributed by atoms with E-state index < -0.39 is 12.6 Å². The van der Waals surface area contributed by atoms with Crippen LogP contribution in [-0.2, 0) is 4.79 Å². The molecule has 28 heavy (non-hydrogen) atoms. The zero-order valence-electron chi connectivity index (χ0n) is 15.3. The lowest BCUT2D eigenvalue weighted by Crippen LogP contribution is -2.48. The number of nitrogens with zero attached hydrogens (tertiary/aromatic N) is 2. The minimum atomic E-state index is -2.92. The van der Waals surface area contributed by atoms with Crippen LogP contribution in [0.2, 0.25) is 0 Å². The van der Waals surface area contributed by atoms with Gasteiger partial charge in [-0.15, -0.1) is 0 Å². The van der Waals surface area contributed by atoms with E-state index in [1.807, 2.05) is 17.0 Å². The number of benzene rings is 2. The molecule has 0 radical (unpaired) electrons. The molecule has 2 aromatic carbocycles. The second-order valence-corrected chi connectivity index (χ2v) is 6.28. The van der Waals surface area contributed by atoms with Gasteiger partial charge in [-0.3, -0.25) is 4.79 Å². The standard InChI is InChI=1S/C20H20F2N2O4/c1-14(25)23-10-12-24(13-11-23)16-4-8-17(9-5-16)27-19(26)15-2-6-18(7-3-15)28-20(21)22/h2-9,20H,10-13H2,1H3.